The first-order valence-corrected chi connectivity index (χ1v) is 9.98. The zero-order valence-electron chi connectivity index (χ0n) is 18.6. The highest BCUT2D eigenvalue weighted by Crippen LogP contribution is 2.32. The molecule has 4 rings (SSSR count). The molecule has 2 heterocycles. The largest absolute Gasteiger partial charge is 0.376 e. The van der Waals surface area contributed by atoms with Crippen LogP contribution in [-0.2, 0) is 14.1 Å². The minimum atomic E-state index is -0.161. The Morgan fingerprint density at radius 2 is 1.68 bits per heavy atom. The zero-order valence-corrected chi connectivity index (χ0v) is 18.6. The van der Waals surface area contributed by atoms with Gasteiger partial charge in [-0.05, 0) is 43.7 Å². The van der Waals surface area contributed by atoms with Gasteiger partial charge in [0.15, 0.2) is 0 Å². The second kappa shape index (κ2) is 7.46. The molecule has 2 aromatic carbocycles. The number of rotatable bonds is 4. The minimum absolute atomic E-state index is 0.0941. The van der Waals surface area contributed by atoms with E-state index in [1.54, 1.807) is 29.4 Å². The molecule has 31 heavy (non-hydrogen) atoms. The Balaban J connectivity index is 1.84. The molecule has 0 radical (unpaired) electrons. The second-order valence-corrected chi connectivity index (χ2v) is 8.01. The Kier molecular flexibility index (Phi) is 4.93. The van der Waals surface area contributed by atoms with Gasteiger partial charge in [0.1, 0.15) is 0 Å². The molecular weight excluding hydrogens is 392 g/mol. The van der Waals surface area contributed by atoms with Gasteiger partial charge in [0.25, 0.3) is 5.56 Å². The van der Waals surface area contributed by atoms with Crippen molar-refractivity contribution in [3.05, 3.63) is 74.1 Å². The molecule has 0 aliphatic carbocycles. The first-order chi connectivity index (χ1) is 14.7. The Morgan fingerprint density at radius 3 is 2.32 bits per heavy atom. The fraction of sp³-hybridized carbons (Fsp3) is 0.261. The van der Waals surface area contributed by atoms with Crippen LogP contribution in [0.25, 0.3) is 16.7 Å². The van der Waals surface area contributed by atoms with E-state index in [0.717, 1.165) is 33.7 Å². The molecule has 0 saturated heterocycles. The third-order valence-electron chi connectivity index (χ3n) is 5.56. The average molecular weight is 419 g/mol. The number of hydrogen-bond donors (Lipinski definition) is 1. The third-order valence-corrected chi connectivity index (χ3v) is 5.56. The number of H-pyrrole nitrogens is 1. The van der Waals surface area contributed by atoms with Crippen LogP contribution in [0.5, 0.6) is 0 Å². The van der Waals surface area contributed by atoms with E-state index >= 15 is 0 Å². The van der Waals surface area contributed by atoms with E-state index in [2.05, 4.69) is 10.1 Å². The number of nitrogens with zero attached hydrogens (tertiary/aromatic N) is 5. The van der Waals surface area contributed by atoms with E-state index in [-0.39, 0.29) is 11.2 Å². The predicted molar refractivity (Wildman–Crippen MR) is 126 cm³/mol. The summed E-state index contributed by atoms with van der Waals surface area (Å²) in [6.07, 6.45) is 1.59. The zero-order chi connectivity index (χ0) is 22.4. The molecule has 0 unspecified atom stereocenters. The number of imidazole rings is 1. The van der Waals surface area contributed by atoms with Gasteiger partial charge in [0, 0.05) is 40.1 Å². The lowest BCUT2D eigenvalue weighted by Gasteiger charge is -2.15. The number of aryl methyl sites for hydroxylation is 4. The normalized spacial score (nSPS) is 11.7. The summed E-state index contributed by atoms with van der Waals surface area (Å²) < 4.78 is 4.74. The monoisotopic (exact) mass is 418 g/mol. The fourth-order valence-corrected chi connectivity index (χ4v) is 3.78. The number of benzene rings is 2. The van der Waals surface area contributed by atoms with Gasteiger partial charge in [-0.2, -0.15) is 0 Å². The van der Waals surface area contributed by atoms with Crippen LogP contribution >= 0.6 is 0 Å². The van der Waals surface area contributed by atoms with Gasteiger partial charge in [0.05, 0.1) is 33.7 Å². The SMILES string of the molecule is Cc1cccc(-n2[nH]c(C)c(C=Nc3cc4c(cc3N(C)C)n(C)c(=O)n4C)c2=O)c1. The van der Waals surface area contributed by atoms with E-state index in [4.69, 9.17) is 0 Å². The highest BCUT2D eigenvalue weighted by atomic mass is 16.1. The molecule has 0 atom stereocenters. The summed E-state index contributed by atoms with van der Waals surface area (Å²) in [5.74, 6) is 0. The Bertz CT molecular complexity index is 1450. The van der Waals surface area contributed by atoms with Crippen molar-refractivity contribution in [3.8, 4) is 5.69 Å². The smallest absolute Gasteiger partial charge is 0.328 e. The number of anilines is 1. The van der Waals surface area contributed by atoms with Crippen molar-refractivity contribution in [3.63, 3.8) is 0 Å². The number of hydrogen-bond acceptors (Lipinski definition) is 4. The summed E-state index contributed by atoms with van der Waals surface area (Å²) in [5, 5.41) is 3.13. The van der Waals surface area contributed by atoms with Crippen LogP contribution in [0.1, 0.15) is 16.8 Å². The van der Waals surface area contributed by atoms with Crippen LogP contribution < -0.4 is 16.1 Å². The second-order valence-electron chi connectivity index (χ2n) is 8.01. The van der Waals surface area contributed by atoms with Crippen molar-refractivity contribution in [2.45, 2.75) is 13.8 Å². The molecule has 160 valence electrons. The topological polar surface area (TPSA) is 80.3 Å². The van der Waals surface area contributed by atoms with Gasteiger partial charge in [-0.25, -0.2) is 9.48 Å². The van der Waals surface area contributed by atoms with E-state index < -0.39 is 0 Å². The van der Waals surface area contributed by atoms with E-state index in [1.807, 2.05) is 69.2 Å². The lowest BCUT2D eigenvalue weighted by Crippen LogP contribution is -2.19. The van der Waals surface area contributed by atoms with E-state index in [1.165, 1.54) is 4.68 Å². The van der Waals surface area contributed by atoms with Gasteiger partial charge in [-0.3, -0.25) is 24.0 Å². The number of nitrogens with one attached hydrogen (secondary N) is 1. The highest BCUT2D eigenvalue weighted by Gasteiger charge is 2.15. The van der Waals surface area contributed by atoms with Crippen LogP contribution in [0.15, 0.2) is 51.0 Å². The molecule has 0 amide bonds. The van der Waals surface area contributed by atoms with Gasteiger partial charge >= 0.3 is 5.69 Å². The number of fused-ring (bicyclic) bond motifs is 1. The fourth-order valence-electron chi connectivity index (χ4n) is 3.78. The molecule has 0 spiro atoms. The molecule has 0 bridgehead atoms. The lowest BCUT2D eigenvalue weighted by atomic mass is 10.2. The minimum Gasteiger partial charge on any atom is -0.376 e. The van der Waals surface area contributed by atoms with Crippen molar-refractivity contribution in [2.24, 2.45) is 19.1 Å². The predicted octanol–water partition coefficient (Wildman–Crippen LogP) is 2.79. The number of aromatic nitrogens is 4. The Morgan fingerprint density at radius 1 is 1.00 bits per heavy atom. The molecule has 0 saturated carbocycles. The van der Waals surface area contributed by atoms with Crippen LogP contribution in [0.2, 0.25) is 0 Å². The molecule has 2 aromatic heterocycles. The molecular formula is C23H26N6O2. The van der Waals surface area contributed by atoms with Crippen LogP contribution in [-0.4, -0.2) is 39.2 Å². The van der Waals surface area contributed by atoms with Gasteiger partial charge in [0.2, 0.25) is 0 Å². The van der Waals surface area contributed by atoms with Gasteiger partial charge in [-0.1, -0.05) is 12.1 Å². The Labute approximate surface area is 179 Å². The molecule has 1 N–H and O–H groups in total. The van der Waals surface area contributed by atoms with Crippen molar-refractivity contribution >= 4 is 28.6 Å². The van der Waals surface area contributed by atoms with E-state index in [9.17, 15) is 9.59 Å². The molecule has 0 aliphatic heterocycles. The molecule has 8 heteroatoms. The van der Waals surface area contributed by atoms with E-state index in [0.29, 0.717) is 11.3 Å². The van der Waals surface area contributed by atoms with Gasteiger partial charge in [-0.15, -0.1) is 0 Å². The van der Waals surface area contributed by atoms with Crippen molar-refractivity contribution in [1.29, 1.82) is 0 Å². The van der Waals surface area contributed by atoms with Crippen LogP contribution in [0.4, 0.5) is 11.4 Å². The highest BCUT2D eigenvalue weighted by molar-refractivity contribution is 5.91. The first kappa shape index (κ1) is 20.5. The summed E-state index contributed by atoms with van der Waals surface area (Å²) in [6.45, 7) is 3.84. The maximum absolute atomic E-state index is 13.0. The maximum Gasteiger partial charge on any atom is 0.328 e. The van der Waals surface area contributed by atoms with Crippen molar-refractivity contribution in [1.82, 2.24) is 18.9 Å². The van der Waals surface area contributed by atoms with Crippen LogP contribution in [0.3, 0.4) is 0 Å². The van der Waals surface area contributed by atoms with Crippen LogP contribution in [0, 0.1) is 13.8 Å². The third kappa shape index (κ3) is 3.39. The lowest BCUT2D eigenvalue weighted by molar-refractivity contribution is 0.795. The summed E-state index contributed by atoms with van der Waals surface area (Å²) in [4.78, 5) is 32.0. The summed E-state index contributed by atoms with van der Waals surface area (Å²) in [5.41, 5.74) is 5.98. The standard InChI is InChI=1S/C23H26N6O2/c1-14-8-7-9-16(10-14)29-22(30)17(15(2)25-29)13-24-18-11-20-21(12-19(18)26(3)4)28(6)23(31)27(20)5/h7-13,25H,1-6H3. The summed E-state index contributed by atoms with van der Waals surface area (Å²) >= 11 is 0. The molecule has 8 nitrogen and oxygen atoms in total. The molecule has 0 fully saturated rings. The molecule has 0 aliphatic rings. The maximum atomic E-state index is 13.0. The number of aliphatic imine (C=N–C) groups is 1. The van der Waals surface area contributed by atoms with Gasteiger partial charge < -0.3 is 4.90 Å². The quantitative estimate of drug-likeness (QED) is 0.518. The Hall–Kier alpha value is -3.81. The molecule has 4 aromatic rings. The number of aromatic amines is 1. The summed E-state index contributed by atoms with van der Waals surface area (Å²) in [6, 6.07) is 11.6. The van der Waals surface area contributed by atoms with Crippen molar-refractivity contribution < 1.29 is 0 Å². The average Bonchev–Trinajstić information content (AvgIpc) is 3.13. The first-order valence-electron chi connectivity index (χ1n) is 9.98. The summed E-state index contributed by atoms with van der Waals surface area (Å²) in [7, 11) is 7.34. The van der Waals surface area contributed by atoms with Crippen molar-refractivity contribution in [2.75, 3.05) is 19.0 Å².